The van der Waals surface area contributed by atoms with Crippen molar-refractivity contribution in [3.63, 3.8) is 0 Å². The molecule has 3 aromatic rings. The maximum Gasteiger partial charge on any atom is 0.252 e. The highest BCUT2D eigenvalue weighted by molar-refractivity contribution is 6.03. The fourth-order valence-electron chi connectivity index (χ4n) is 3.98. The zero-order valence-corrected chi connectivity index (χ0v) is 18.0. The zero-order valence-electron chi connectivity index (χ0n) is 18.0. The number of aryl methyl sites for hydroxylation is 2. The molecule has 3 heterocycles. The molecular weight excluding hydrogens is 408 g/mol. The number of aromatic amines is 1. The van der Waals surface area contributed by atoms with Crippen LogP contribution in [-0.2, 0) is 9.59 Å². The third kappa shape index (κ3) is 3.93. The average Bonchev–Trinajstić information content (AvgIpc) is 3.40. The Hall–Kier alpha value is -3.75. The van der Waals surface area contributed by atoms with E-state index in [-0.39, 0.29) is 29.7 Å². The predicted molar refractivity (Wildman–Crippen MR) is 119 cm³/mol. The summed E-state index contributed by atoms with van der Waals surface area (Å²) in [6, 6.07) is 10.9. The highest BCUT2D eigenvalue weighted by Crippen LogP contribution is 2.40. The molecule has 0 radical (unpaired) electrons. The lowest BCUT2D eigenvalue weighted by Crippen LogP contribution is -2.28. The van der Waals surface area contributed by atoms with Gasteiger partial charge in [0, 0.05) is 42.4 Å². The van der Waals surface area contributed by atoms with Gasteiger partial charge >= 0.3 is 0 Å². The van der Waals surface area contributed by atoms with Gasteiger partial charge in [-0.2, -0.15) is 9.78 Å². The summed E-state index contributed by atoms with van der Waals surface area (Å²) in [4.78, 5) is 46.3. The lowest BCUT2D eigenvalue weighted by molar-refractivity contribution is -0.122. The van der Waals surface area contributed by atoms with E-state index in [1.807, 2.05) is 37.3 Å². The highest BCUT2D eigenvalue weighted by Gasteiger charge is 2.36. The predicted octanol–water partition coefficient (Wildman–Crippen LogP) is 2.44. The van der Waals surface area contributed by atoms with Crippen LogP contribution in [0.3, 0.4) is 0 Å². The Morgan fingerprint density at radius 2 is 1.88 bits per heavy atom. The average molecular weight is 432 g/mol. The van der Waals surface area contributed by atoms with Crippen LogP contribution in [0.5, 0.6) is 0 Å². The van der Waals surface area contributed by atoms with E-state index in [0.29, 0.717) is 24.0 Å². The molecular formula is C23H24N6O3. The molecule has 1 saturated heterocycles. The first-order chi connectivity index (χ1) is 15.4. The smallest absolute Gasteiger partial charge is 0.252 e. The van der Waals surface area contributed by atoms with Gasteiger partial charge in [-0.15, -0.1) is 0 Å². The number of hydrogen-bond donors (Lipinski definition) is 2. The highest BCUT2D eigenvalue weighted by atomic mass is 16.2. The second kappa shape index (κ2) is 7.74. The molecule has 0 unspecified atom stereocenters. The van der Waals surface area contributed by atoms with Crippen LogP contribution in [-0.4, -0.2) is 38.1 Å². The number of amides is 2. The van der Waals surface area contributed by atoms with E-state index in [1.54, 1.807) is 11.8 Å². The third-order valence-corrected chi connectivity index (χ3v) is 5.87. The van der Waals surface area contributed by atoms with Crippen LogP contribution in [0.15, 0.2) is 41.2 Å². The number of benzene rings is 1. The van der Waals surface area contributed by atoms with Crippen molar-refractivity contribution in [1.29, 1.82) is 0 Å². The molecule has 2 fully saturated rings. The van der Waals surface area contributed by atoms with Gasteiger partial charge in [-0.1, -0.05) is 17.7 Å². The number of anilines is 2. The van der Waals surface area contributed by atoms with Crippen molar-refractivity contribution in [2.24, 2.45) is 5.92 Å². The second-order valence-electron chi connectivity index (χ2n) is 8.58. The molecule has 2 amide bonds. The molecule has 2 N–H and O–H groups in total. The summed E-state index contributed by atoms with van der Waals surface area (Å²) in [7, 11) is 0. The number of hydrogen-bond acceptors (Lipinski definition) is 5. The van der Waals surface area contributed by atoms with Crippen LogP contribution in [0.2, 0.25) is 0 Å². The SMILES string of the molecule is Cc1ccc(N2C[C@H](C(=O)Nc3cc(C4CC4)nn3-c3nc(C)cc(=O)[nH]3)CC2=O)cc1. The van der Waals surface area contributed by atoms with Crippen LogP contribution >= 0.6 is 0 Å². The van der Waals surface area contributed by atoms with Gasteiger partial charge in [-0.05, 0) is 38.8 Å². The summed E-state index contributed by atoms with van der Waals surface area (Å²) in [6.07, 6.45) is 2.23. The third-order valence-electron chi connectivity index (χ3n) is 5.87. The topological polar surface area (TPSA) is 113 Å². The van der Waals surface area contributed by atoms with Crippen LogP contribution in [0.4, 0.5) is 11.5 Å². The van der Waals surface area contributed by atoms with E-state index in [9.17, 15) is 14.4 Å². The molecule has 1 saturated carbocycles. The molecule has 2 aliphatic rings. The van der Waals surface area contributed by atoms with Crippen LogP contribution in [0.1, 0.15) is 42.1 Å². The number of H-pyrrole nitrogens is 1. The van der Waals surface area contributed by atoms with E-state index >= 15 is 0 Å². The molecule has 9 heteroatoms. The summed E-state index contributed by atoms with van der Waals surface area (Å²) in [5, 5.41) is 7.50. The van der Waals surface area contributed by atoms with Gasteiger partial charge in [0.25, 0.3) is 5.56 Å². The minimum absolute atomic E-state index is 0.0779. The van der Waals surface area contributed by atoms with Crippen molar-refractivity contribution in [1.82, 2.24) is 19.7 Å². The van der Waals surface area contributed by atoms with Crippen molar-refractivity contribution in [2.75, 3.05) is 16.8 Å². The molecule has 1 aromatic carbocycles. The molecule has 32 heavy (non-hydrogen) atoms. The van der Waals surface area contributed by atoms with E-state index in [1.165, 1.54) is 10.7 Å². The summed E-state index contributed by atoms with van der Waals surface area (Å²) in [5.41, 5.74) is 3.02. The monoisotopic (exact) mass is 432 g/mol. The lowest BCUT2D eigenvalue weighted by Gasteiger charge is -2.17. The normalized spacial score (nSPS) is 18.2. The lowest BCUT2D eigenvalue weighted by atomic mass is 10.1. The van der Waals surface area contributed by atoms with Gasteiger partial charge in [0.05, 0.1) is 11.6 Å². The maximum atomic E-state index is 13.1. The quantitative estimate of drug-likeness (QED) is 0.643. The summed E-state index contributed by atoms with van der Waals surface area (Å²) in [6.45, 7) is 4.03. The van der Waals surface area contributed by atoms with Gasteiger partial charge in [-0.25, -0.2) is 4.98 Å². The van der Waals surface area contributed by atoms with Gasteiger partial charge in [0.2, 0.25) is 17.8 Å². The molecule has 1 aliphatic heterocycles. The van der Waals surface area contributed by atoms with E-state index < -0.39 is 5.92 Å². The Balaban J connectivity index is 1.39. The largest absolute Gasteiger partial charge is 0.312 e. The molecule has 1 aliphatic carbocycles. The summed E-state index contributed by atoms with van der Waals surface area (Å²) < 4.78 is 1.47. The molecule has 2 aromatic heterocycles. The standard InChI is InChI=1S/C23H24N6O3/c1-13-3-7-17(8-4-13)28-12-16(10-21(28)31)22(32)25-19-11-18(15-5-6-15)27-29(19)23-24-14(2)9-20(30)26-23/h3-4,7-9,11,15-16H,5-6,10,12H2,1-2H3,(H,25,32)(H,24,26,30)/t16-/m1/s1. The van der Waals surface area contributed by atoms with Crippen LogP contribution in [0.25, 0.3) is 5.95 Å². The van der Waals surface area contributed by atoms with Crippen LogP contribution < -0.4 is 15.8 Å². The Labute approximate surface area is 184 Å². The van der Waals surface area contributed by atoms with Crippen molar-refractivity contribution < 1.29 is 9.59 Å². The number of nitrogens with one attached hydrogen (secondary N) is 2. The number of aromatic nitrogens is 4. The number of carbonyl (C=O) groups excluding carboxylic acids is 2. The van der Waals surface area contributed by atoms with Crippen molar-refractivity contribution in [3.8, 4) is 5.95 Å². The fourth-order valence-corrected chi connectivity index (χ4v) is 3.98. The van der Waals surface area contributed by atoms with E-state index in [4.69, 9.17) is 0 Å². The molecule has 164 valence electrons. The minimum Gasteiger partial charge on any atom is -0.312 e. The second-order valence-corrected chi connectivity index (χ2v) is 8.58. The Bertz CT molecular complexity index is 1260. The van der Waals surface area contributed by atoms with Crippen LogP contribution in [0, 0.1) is 19.8 Å². The van der Waals surface area contributed by atoms with E-state index in [0.717, 1.165) is 29.8 Å². The molecule has 1 atom stereocenters. The van der Waals surface area contributed by atoms with E-state index in [2.05, 4.69) is 20.4 Å². The molecule has 9 nitrogen and oxygen atoms in total. The zero-order chi connectivity index (χ0) is 22.4. The van der Waals surface area contributed by atoms with Gasteiger partial charge in [-0.3, -0.25) is 19.4 Å². The van der Waals surface area contributed by atoms with Gasteiger partial charge < -0.3 is 10.2 Å². The molecule has 5 rings (SSSR count). The Morgan fingerprint density at radius 1 is 1.12 bits per heavy atom. The first-order valence-corrected chi connectivity index (χ1v) is 10.7. The van der Waals surface area contributed by atoms with Gasteiger partial charge in [0.15, 0.2) is 0 Å². The number of rotatable bonds is 5. The molecule has 0 spiro atoms. The minimum atomic E-state index is -0.485. The number of nitrogens with zero attached hydrogens (tertiary/aromatic N) is 4. The maximum absolute atomic E-state index is 13.1. The fraction of sp³-hybridized carbons (Fsp3) is 0.348. The molecule has 0 bridgehead atoms. The van der Waals surface area contributed by atoms with Crippen molar-refractivity contribution in [3.05, 3.63) is 63.7 Å². The first-order valence-electron chi connectivity index (χ1n) is 10.7. The van der Waals surface area contributed by atoms with Crippen molar-refractivity contribution in [2.45, 2.75) is 39.0 Å². The summed E-state index contributed by atoms with van der Waals surface area (Å²) >= 11 is 0. The van der Waals surface area contributed by atoms with Crippen molar-refractivity contribution >= 4 is 23.3 Å². The van der Waals surface area contributed by atoms with Gasteiger partial charge in [0.1, 0.15) is 5.82 Å². The first kappa shape index (κ1) is 20.2. The summed E-state index contributed by atoms with van der Waals surface area (Å²) in [5.74, 6) is 0.222. The Morgan fingerprint density at radius 3 is 2.56 bits per heavy atom. The Kier molecular flexibility index (Phi) is 4.88. The number of carbonyl (C=O) groups is 2.